The molecule has 0 unspecified atom stereocenters. The Balaban J connectivity index is 2.61. The van der Waals surface area contributed by atoms with Crippen LogP contribution >= 0.6 is 0 Å². The molecule has 0 saturated carbocycles. The van der Waals surface area contributed by atoms with Crippen LogP contribution in [0.1, 0.15) is 6.42 Å². The lowest BCUT2D eigenvalue weighted by atomic mass is 10.3. The van der Waals surface area contributed by atoms with Crippen molar-refractivity contribution in [2.24, 2.45) is 0 Å². The number of rotatable bonds is 0. The zero-order valence-corrected chi connectivity index (χ0v) is 6.40. The molecule has 0 N–H and O–H groups in total. The van der Waals surface area contributed by atoms with Gasteiger partial charge in [-0.3, -0.25) is 0 Å². The predicted molar refractivity (Wildman–Crippen MR) is 49.0 cm³/mol. The molecule has 0 spiro atoms. The normalized spacial score (nSPS) is 31.3. The minimum Gasteiger partial charge on any atom is -0.0801 e. The highest BCUT2D eigenvalue weighted by Gasteiger charge is 1.70. The minimum atomic E-state index is 0.884. The Hall–Kier alpha value is -1.30. The van der Waals surface area contributed by atoms with Gasteiger partial charge in [0.1, 0.15) is 0 Å². The van der Waals surface area contributed by atoms with Crippen LogP contribution < -0.4 is 0 Å². The van der Waals surface area contributed by atoms with Gasteiger partial charge in [0, 0.05) is 0 Å². The van der Waals surface area contributed by atoms with Crippen LogP contribution in [0.2, 0.25) is 0 Å². The van der Waals surface area contributed by atoms with E-state index in [-0.39, 0.29) is 0 Å². The van der Waals surface area contributed by atoms with E-state index in [4.69, 9.17) is 0 Å². The molecule has 0 nitrogen and oxygen atoms in total. The fraction of sp³-hybridized carbons (Fsp3) is 0.0909. The van der Waals surface area contributed by atoms with Crippen molar-refractivity contribution in [3.63, 3.8) is 0 Å². The molecule has 0 bridgehead atoms. The van der Waals surface area contributed by atoms with Crippen molar-refractivity contribution in [3.05, 3.63) is 60.8 Å². The van der Waals surface area contributed by atoms with Gasteiger partial charge in [-0.15, -0.1) is 0 Å². The third-order valence-corrected chi connectivity index (χ3v) is 1.25. The average Bonchev–Trinajstić information content (AvgIpc) is 2.08. The minimum absolute atomic E-state index is 0.884. The highest BCUT2D eigenvalue weighted by atomic mass is 13.8. The number of hydrogen-bond acceptors (Lipinski definition) is 0. The molecule has 1 aliphatic rings. The maximum Gasteiger partial charge on any atom is -0.00915 e. The summed E-state index contributed by atoms with van der Waals surface area (Å²) in [6.45, 7) is 0. The third kappa shape index (κ3) is 4.15. The first kappa shape index (κ1) is 7.80. The first-order valence-electron chi connectivity index (χ1n) is 3.72. The quantitative estimate of drug-likeness (QED) is 0.489. The van der Waals surface area contributed by atoms with Crippen LogP contribution in [-0.2, 0) is 0 Å². The van der Waals surface area contributed by atoms with Crippen LogP contribution in [0.4, 0.5) is 0 Å². The lowest BCUT2D eigenvalue weighted by Gasteiger charge is -1.75. The van der Waals surface area contributed by atoms with Gasteiger partial charge >= 0.3 is 0 Å². The molecule has 11 heavy (non-hydrogen) atoms. The van der Waals surface area contributed by atoms with E-state index in [2.05, 4.69) is 12.2 Å². The van der Waals surface area contributed by atoms with E-state index in [1.807, 2.05) is 48.6 Å². The molecule has 1 aliphatic carbocycles. The van der Waals surface area contributed by atoms with Crippen molar-refractivity contribution >= 4 is 0 Å². The molecule has 1 radical (unpaired) electrons. The number of hydrogen-bond donors (Lipinski definition) is 0. The van der Waals surface area contributed by atoms with Crippen molar-refractivity contribution in [1.29, 1.82) is 0 Å². The molecular formula is C11H11. The molecule has 0 heterocycles. The second kappa shape index (κ2) is 5.48. The van der Waals surface area contributed by atoms with E-state index in [0.29, 0.717) is 0 Å². The predicted octanol–water partition coefficient (Wildman–Crippen LogP) is 2.97. The fourth-order valence-corrected chi connectivity index (χ4v) is 0.727. The Morgan fingerprint density at radius 1 is 0.727 bits per heavy atom. The van der Waals surface area contributed by atoms with Crippen LogP contribution in [0.5, 0.6) is 0 Å². The summed E-state index contributed by atoms with van der Waals surface area (Å²) in [7, 11) is 0. The van der Waals surface area contributed by atoms with Crippen LogP contribution in [0, 0.1) is 6.08 Å². The van der Waals surface area contributed by atoms with Gasteiger partial charge in [0.2, 0.25) is 0 Å². The third-order valence-electron chi connectivity index (χ3n) is 1.25. The van der Waals surface area contributed by atoms with Gasteiger partial charge in [-0.05, 0) is 12.5 Å². The van der Waals surface area contributed by atoms with Crippen molar-refractivity contribution in [1.82, 2.24) is 0 Å². The van der Waals surface area contributed by atoms with E-state index in [0.717, 1.165) is 6.42 Å². The van der Waals surface area contributed by atoms with Gasteiger partial charge in [-0.25, -0.2) is 0 Å². The van der Waals surface area contributed by atoms with Crippen molar-refractivity contribution in [2.45, 2.75) is 6.42 Å². The molecule has 0 amide bonds. The summed E-state index contributed by atoms with van der Waals surface area (Å²) in [5.41, 5.74) is 0. The first-order valence-corrected chi connectivity index (χ1v) is 3.72. The summed E-state index contributed by atoms with van der Waals surface area (Å²) in [5, 5.41) is 0. The van der Waals surface area contributed by atoms with Crippen LogP contribution in [-0.4, -0.2) is 0 Å². The molecule has 0 aromatic heterocycles. The molecule has 0 aromatic rings. The van der Waals surface area contributed by atoms with Gasteiger partial charge in [0.25, 0.3) is 0 Å². The largest absolute Gasteiger partial charge is 0.0801 e. The van der Waals surface area contributed by atoms with E-state index >= 15 is 0 Å². The molecular weight excluding hydrogens is 132 g/mol. The highest BCUT2D eigenvalue weighted by Crippen LogP contribution is 1.90. The lowest BCUT2D eigenvalue weighted by molar-refractivity contribution is 1.34. The topological polar surface area (TPSA) is 0 Å². The maximum absolute atomic E-state index is 3.12. The Morgan fingerprint density at radius 2 is 1.36 bits per heavy atom. The second-order valence-corrected chi connectivity index (χ2v) is 2.16. The van der Waals surface area contributed by atoms with E-state index in [1.54, 1.807) is 0 Å². The van der Waals surface area contributed by atoms with Crippen LogP contribution in [0.15, 0.2) is 54.7 Å². The van der Waals surface area contributed by atoms with Gasteiger partial charge in [-0.2, -0.15) is 0 Å². The fourth-order valence-electron chi connectivity index (χ4n) is 0.727. The van der Waals surface area contributed by atoms with Gasteiger partial charge in [0.15, 0.2) is 0 Å². The van der Waals surface area contributed by atoms with Crippen molar-refractivity contribution in [3.8, 4) is 0 Å². The molecule has 0 fully saturated rings. The Bertz CT molecular complexity index is 200. The van der Waals surface area contributed by atoms with Crippen LogP contribution in [0.25, 0.3) is 0 Å². The monoisotopic (exact) mass is 143 g/mol. The molecule has 0 heteroatoms. The Morgan fingerprint density at radius 3 is 2.18 bits per heavy atom. The smallest absolute Gasteiger partial charge is 0.00915 e. The SMILES string of the molecule is [C]1=C/C=C/C=C\C=C/C=C/C\1. The summed E-state index contributed by atoms with van der Waals surface area (Å²) >= 11 is 0. The summed E-state index contributed by atoms with van der Waals surface area (Å²) in [6, 6.07) is 0. The van der Waals surface area contributed by atoms with Crippen molar-refractivity contribution < 1.29 is 0 Å². The molecule has 0 aliphatic heterocycles. The van der Waals surface area contributed by atoms with Crippen molar-refractivity contribution in [2.75, 3.05) is 0 Å². The summed E-state index contributed by atoms with van der Waals surface area (Å²) < 4.78 is 0. The molecule has 0 aromatic carbocycles. The zero-order valence-electron chi connectivity index (χ0n) is 6.40. The van der Waals surface area contributed by atoms with Crippen LogP contribution in [0.3, 0.4) is 0 Å². The van der Waals surface area contributed by atoms with E-state index < -0.39 is 0 Å². The lowest BCUT2D eigenvalue weighted by Crippen LogP contribution is -1.57. The summed E-state index contributed by atoms with van der Waals surface area (Å²) in [5.74, 6) is 0. The number of allylic oxidation sites excluding steroid dienone is 10. The molecule has 0 saturated heterocycles. The molecule has 55 valence electrons. The van der Waals surface area contributed by atoms with Gasteiger partial charge < -0.3 is 0 Å². The molecule has 0 atom stereocenters. The highest BCUT2D eigenvalue weighted by molar-refractivity contribution is 5.18. The zero-order chi connectivity index (χ0) is 7.78. The maximum atomic E-state index is 3.12. The van der Waals surface area contributed by atoms with Gasteiger partial charge in [0.05, 0.1) is 0 Å². The van der Waals surface area contributed by atoms with Gasteiger partial charge in [-0.1, -0.05) is 54.7 Å². The second-order valence-electron chi connectivity index (χ2n) is 2.16. The Kier molecular flexibility index (Phi) is 3.89. The Labute approximate surface area is 67.9 Å². The van der Waals surface area contributed by atoms with E-state index in [9.17, 15) is 0 Å². The summed E-state index contributed by atoms with van der Waals surface area (Å²) in [4.78, 5) is 0. The molecule has 1 rings (SSSR count). The summed E-state index contributed by atoms with van der Waals surface area (Å²) in [6.07, 6.45) is 22.0. The first-order chi connectivity index (χ1) is 5.50. The average molecular weight is 143 g/mol. The standard InChI is InChI=1S/C11H11/c1-2-4-6-8-10-11-9-7-5-3-1/h1-9H,10H2/b3-1-,4-2-,7-5+,8-6+,11-9?. The van der Waals surface area contributed by atoms with E-state index in [1.165, 1.54) is 0 Å².